The van der Waals surface area contributed by atoms with Crippen molar-refractivity contribution >= 4 is 5.91 Å². The van der Waals surface area contributed by atoms with Crippen molar-refractivity contribution in [1.29, 1.82) is 0 Å². The lowest BCUT2D eigenvalue weighted by molar-refractivity contribution is 0.0716. The van der Waals surface area contributed by atoms with E-state index >= 15 is 0 Å². The van der Waals surface area contributed by atoms with Crippen LogP contribution in [0.3, 0.4) is 0 Å². The highest BCUT2D eigenvalue weighted by molar-refractivity contribution is 5.95. The maximum Gasteiger partial charge on any atom is 0.254 e. The van der Waals surface area contributed by atoms with Crippen LogP contribution in [0.15, 0.2) is 18.2 Å². The Hall–Kier alpha value is -1.39. The number of fused-ring (bicyclic) bond motifs is 1. The average Bonchev–Trinajstić information content (AvgIpc) is 2.93. The van der Waals surface area contributed by atoms with Gasteiger partial charge in [0.15, 0.2) is 0 Å². The summed E-state index contributed by atoms with van der Waals surface area (Å²) in [6, 6.07) is 6.61. The third kappa shape index (κ3) is 3.11. The van der Waals surface area contributed by atoms with Crippen LogP contribution in [0.4, 0.5) is 0 Å². The van der Waals surface area contributed by atoms with Crippen molar-refractivity contribution in [1.82, 2.24) is 15.1 Å². The van der Waals surface area contributed by atoms with Crippen molar-refractivity contribution in [3.63, 3.8) is 0 Å². The van der Waals surface area contributed by atoms with Gasteiger partial charge in [-0.15, -0.1) is 0 Å². The number of hydrogen-bond acceptors (Lipinski definition) is 3. The average molecular weight is 287 g/mol. The van der Waals surface area contributed by atoms with Crippen molar-refractivity contribution in [2.75, 3.05) is 33.7 Å². The lowest BCUT2D eigenvalue weighted by atomic mass is 9.98. The van der Waals surface area contributed by atoms with Crippen molar-refractivity contribution in [2.24, 2.45) is 0 Å². The van der Waals surface area contributed by atoms with E-state index in [4.69, 9.17) is 0 Å². The van der Waals surface area contributed by atoms with Crippen LogP contribution < -0.4 is 5.32 Å². The van der Waals surface area contributed by atoms with Crippen LogP contribution >= 0.6 is 0 Å². The van der Waals surface area contributed by atoms with Gasteiger partial charge in [-0.2, -0.15) is 0 Å². The molecule has 1 saturated heterocycles. The van der Waals surface area contributed by atoms with E-state index in [9.17, 15) is 4.79 Å². The summed E-state index contributed by atoms with van der Waals surface area (Å²) in [7, 11) is 4.15. The molecular weight excluding hydrogens is 262 g/mol. The lowest BCUT2D eigenvalue weighted by Crippen LogP contribution is -2.41. The fourth-order valence-corrected chi connectivity index (χ4v) is 3.49. The number of likely N-dealkylation sites (N-methyl/N-ethyl adjacent to an activating group) is 1. The summed E-state index contributed by atoms with van der Waals surface area (Å²) in [5, 5.41) is 3.38. The first-order valence-corrected chi connectivity index (χ1v) is 7.93. The van der Waals surface area contributed by atoms with E-state index in [1.807, 2.05) is 6.07 Å². The number of amides is 1. The molecule has 3 rings (SSSR count). The van der Waals surface area contributed by atoms with Gasteiger partial charge in [-0.1, -0.05) is 6.07 Å². The van der Waals surface area contributed by atoms with Crippen LogP contribution in [0.25, 0.3) is 0 Å². The molecule has 0 aromatic heterocycles. The van der Waals surface area contributed by atoms with E-state index in [0.717, 1.165) is 51.0 Å². The minimum atomic E-state index is 0.202. The van der Waals surface area contributed by atoms with E-state index in [0.29, 0.717) is 6.04 Å². The Morgan fingerprint density at radius 3 is 3.05 bits per heavy atom. The van der Waals surface area contributed by atoms with E-state index < -0.39 is 0 Å². The topological polar surface area (TPSA) is 35.6 Å². The SMILES string of the molecule is CN(C)CC1CCCN1C(=O)c1ccc2c(c1)CNCC2. The molecule has 2 aliphatic heterocycles. The molecule has 0 saturated carbocycles. The summed E-state index contributed by atoms with van der Waals surface area (Å²) in [4.78, 5) is 17.1. The van der Waals surface area contributed by atoms with Crippen LogP contribution in [0.2, 0.25) is 0 Å². The molecule has 1 unspecified atom stereocenters. The highest BCUT2D eigenvalue weighted by Gasteiger charge is 2.29. The van der Waals surface area contributed by atoms with Gasteiger partial charge in [-0.3, -0.25) is 4.79 Å². The Morgan fingerprint density at radius 1 is 1.38 bits per heavy atom. The fraction of sp³-hybridized carbons (Fsp3) is 0.588. The second-order valence-electron chi connectivity index (χ2n) is 6.47. The van der Waals surface area contributed by atoms with Gasteiger partial charge in [0.05, 0.1) is 0 Å². The smallest absolute Gasteiger partial charge is 0.254 e. The third-order valence-electron chi connectivity index (χ3n) is 4.55. The molecule has 114 valence electrons. The second-order valence-corrected chi connectivity index (χ2v) is 6.47. The van der Waals surface area contributed by atoms with Gasteiger partial charge < -0.3 is 15.1 Å². The Balaban J connectivity index is 1.78. The van der Waals surface area contributed by atoms with Gasteiger partial charge in [0.2, 0.25) is 0 Å². The first-order chi connectivity index (χ1) is 10.1. The fourth-order valence-electron chi connectivity index (χ4n) is 3.49. The first-order valence-electron chi connectivity index (χ1n) is 7.93. The molecule has 1 atom stereocenters. The van der Waals surface area contributed by atoms with Crippen molar-refractivity contribution in [3.8, 4) is 0 Å². The van der Waals surface area contributed by atoms with Crippen molar-refractivity contribution < 1.29 is 4.79 Å². The van der Waals surface area contributed by atoms with E-state index in [1.54, 1.807) is 0 Å². The number of hydrogen-bond donors (Lipinski definition) is 1. The third-order valence-corrected chi connectivity index (χ3v) is 4.55. The van der Waals surface area contributed by atoms with Crippen LogP contribution in [-0.4, -0.2) is 55.5 Å². The Morgan fingerprint density at radius 2 is 2.24 bits per heavy atom. The highest BCUT2D eigenvalue weighted by atomic mass is 16.2. The molecule has 1 amide bonds. The molecule has 4 nitrogen and oxygen atoms in total. The van der Waals surface area contributed by atoms with Gasteiger partial charge in [-0.05, 0) is 63.2 Å². The summed E-state index contributed by atoms with van der Waals surface area (Å²) in [5.41, 5.74) is 3.52. The zero-order chi connectivity index (χ0) is 14.8. The van der Waals surface area contributed by atoms with Crippen LogP contribution in [-0.2, 0) is 13.0 Å². The number of likely N-dealkylation sites (tertiary alicyclic amines) is 1. The monoisotopic (exact) mass is 287 g/mol. The molecule has 2 aliphatic rings. The Labute approximate surface area is 127 Å². The Bertz CT molecular complexity index is 527. The molecule has 1 aromatic rings. The van der Waals surface area contributed by atoms with Gasteiger partial charge in [-0.25, -0.2) is 0 Å². The molecule has 1 aromatic carbocycles. The van der Waals surface area contributed by atoms with Crippen LogP contribution in [0.5, 0.6) is 0 Å². The zero-order valence-electron chi connectivity index (χ0n) is 13.1. The molecule has 0 spiro atoms. The number of rotatable bonds is 3. The first kappa shape index (κ1) is 14.5. The molecule has 1 fully saturated rings. The number of benzene rings is 1. The number of nitrogens with zero attached hydrogens (tertiary/aromatic N) is 2. The maximum atomic E-state index is 12.8. The minimum Gasteiger partial charge on any atom is -0.334 e. The van der Waals surface area contributed by atoms with Crippen molar-refractivity contribution in [2.45, 2.75) is 31.8 Å². The molecule has 0 bridgehead atoms. The van der Waals surface area contributed by atoms with Crippen LogP contribution in [0.1, 0.15) is 34.3 Å². The molecule has 21 heavy (non-hydrogen) atoms. The summed E-state index contributed by atoms with van der Waals surface area (Å²) >= 11 is 0. The molecule has 4 heteroatoms. The van der Waals surface area contributed by atoms with E-state index in [1.165, 1.54) is 11.1 Å². The highest BCUT2D eigenvalue weighted by Crippen LogP contribution is 2.23. The minimum absolute atomic E-state index is 0.202. The largest absolute Gasteiger partial charge is 0.334 e. The summed E-state index contributed by atoms with van der Waals surface area (Å²) < 4.78 is 0. The second kappa shape index (κ2) is 6.16. The molecule has 0 aliphatic carbocycles. The number of carbonyl (C=O) groups excluding carboxylic acids is 1. The summed E-state index contributed by atoms with van der Waals surface area (Å²) in [6.45, 7) is 3.78. The van der Waals surface area contributed by atoms with Gasteiger partial charge in [0.25, 0.3) is 5.91 Å². The summed E-state index contributed by atoms with van der Waals surface area (Å²) in [6.07, 6.45) is 3.31. The molecular formula is C17H25N3O. The van der Waals surface area contributed by atoms with Crippen molar-refractivity contribution in [3.05, 3.63) is 34.9 Å². The summed E-state index contributed by atoms with van der Waals surface area (Å²) in [5.74, 6) is 0.202. The quantitative estimate of drug-likeness (QED) is 0.915. The van der Waals surface area contributed by atoms with Gasteiger partial charge in [0.1, 0.15) is 0 Å². The Kier molecular flexibility index (Phi) is 4.27. The van der Waals surface area contributed by atoms with Gasteiger partial charge in [0, 0.05) is 31.2 Å². The molecule has 0 radical (unpaired) electrons. The number of nitrogens with one attached hydrogen (secondary N) is 1. The van der Waals surface area contributed by atoms with E-state index in [-0.39, 0.29) is 5.91 Å². The van der Waals surface area contributed by atoms with Gasteiger partial charge >= 0.3 is 0 Å². The van der Waals surface area contributed by atoms with E-state index in [2.05, 4.69) is 41.3 Å². The standard InChI is InChI=1S/C17H25N3O/c1-19(2)12-16-4-3-9-20(16)17(21)14-6-5-13-7-8-18-11-15(13)10-14/h5-6,10,16,18H,3-4,7-9,11-12H2,1-2H3. The zero-order valence-corrected chi connectivity index (χ0v) is 13.1. The molecule has 1 N–H and O–H groups in total. The maximum absolute atomic E-state index is 12.8. The number of carbonyl (C=O) groups is 1. The predicted octanol–water partition coefficient (Wildman–Crippen LogP) is 1.50. The lowest BCUT2D eigenvalue weighted by Gasteiger charge is -2.27. The molecule has 2 heterocycles. The van der Waals surface area contributed by atoms with Crippen LogP contribution in [0, 0.1) is 0 Å². The normalized spacial score (nSPS) is 21.7. The predicted molar refractivity (Wildman–Crippen MR) is 84.5 cm³/mol.